The van der Waals surface area contributed by atoms with Crippen LogP contribution in [-0.2, 0) is 6.54 Å². The van der Waals surface area contributed by atoms with Crippen LogP contribution in [0.4, 0.5) is 5.69 Å². The molecule has 1 amide bonds. The van der Waals surface area contributed by atoms with Crippen molar-refractivity contribution < 1.29 is 4.79 Å². The summed E-state index contributed by atoms with van der Waals surface area (Å²) in [5, 5.41) is 7.06. The van der Waals surface area contributed by atoms with Gasteiger partial charge in [0.2, 0.25) is 0 Å². The molecular weight excluding hydrogens is 362 g/mol. The Balaban J connectivity index is 1.26. The van der Waals surface area contributed by atoms with Crippen LogP contribution in [0.5, 0.6) is 0 Å². The fourth-order valence-corrected chi connectivity index (χ4v) is 5.78. The number of amides is 1. The Hall–Kier alpha value is -2.86. The molecule has 2 aliphatic heterocycles. The molecule has 1 saturated heterocycles. The first kappa shape index (κ1) is 17.0. The topological polar surface area (TPSA) is 61.7 Å². The molecule has 1 spiro atoms. The molecule has 0 radical (unpaired) electrons. The molecule has 0 bridgehead atoms. The Morgan fingerprint density at radius 2 is 2.00 bits per heavy atom. The number of hydrogen-bond donors (Lipinski definition) is 2. The monoisotopic (exact) mass is 387 g/mol. The summed E-state index contributed by atoms with van der Waals surface area (Å²) in [5.74, 6) is 2.09. The quantitative estimate of drug-likeness (QED) is 0.710. The molecule has 1 aromatic carbocycles. The lowest BCUT2D eigenvalue weighted by molar-refractivity contribution is 0.0871. The number of imidazole rings is 1. The molecule has 6 rings (SSSR count). The fourth-order valence-electron chi connectivity index (χ4n) is 5.78. The van der Waals surface area contributed by atoms with Gasteiger partial charge in [-0.15, -0.1) is 0 Å². The van der Waals surface area contributed by atoms with Gasteiger partial charge in [-0.1, -0.05) is 18.2 Å². The third-order valence-electron chi connectivity index (χ3n) is 7.10. The summed E-state index contributed by atoms with van der Waals surface area (Å²) in [4.78, 5) is 20.1. The number of likely N-dealkylation sites (tertiary alicyclic amines) is 1. The third-order valence-corrected chi connectivity index (χ3v) is 7.10. The number of anilines is 1. The summed E-state index contributed by atoms with van der Waals surface area (Å²) in [7, 11) is 0. The van der Waals surface area contributed by atoms with Gasteiger partial charge in [-0.25, -0.2) is 4.98 Å². The van der Waals surface area contributed by atoms with Gasteiger partial charge < -0.3 is 15.0 Å². The Morgan fingerprint density at radius 1 is 1.14 bits per heavy atom. The van der Waals surface area contributed by atoms with Gasteiger partial charge in [-0.3, -0.25) is 9.69 Å². The largest absolute Gasteiger partial charge is 0.362 e. The van der Waals surface area contributed by atoms with Crippen molar-refractivity contribution in [3.05, 3.63) is 65.7 Å². The maximum absolute atomic E-state index is 12.8. The molecule has 4 heterocycles. The minimum Gasteiger partial charge on any atom is -0.362 e. The van der Waals surface area contributed by atoms with Gasteiger partial charge in [0.1, 0.15) is 11.5 Å². The third kappa shape index (κ3) is 2.52. The van der Waals surface area contributed by atoms with E-state index in [2.05, 4.69) is 45.2 Å². The molecule has 1 saturated carbocycles. The minimum atomic E-state index is -0.322. The molecule has 6 nitrogen and oxygen atoms in total. The second kappa shape index (κ2) is 6.07. The summed E-state index contributed by atoms with van der Waals surface area (Å²) in [6.07, 6.45) is 4.20. The molecule has 1 aliphatic carbocycles. The zero-order chi connectivity index (χ0) is 19.6. The van der Waals surface area contributed by atoms with E-state index in [0.717, 1.165) is 55.2 Å². The van der Waals surface area contributed by atoms with E-state index >= 15 is 0 Å². The average molecular weight is 387 g/mol. The van der Waals surface area contributed by atoms with Crippen LogP contribution in [0.15, 0.2) is 48.7 Å². The van der Waals surface area contributed by atoms with E-state index in [1.54, 1.807) is 0 Å². The Morgan fingerprint density at radius 3 is 2.93 bits per heavy atom. The highest BCUT2D eigenvalue weighted by atomic mass is 16.2. The lowest BCUT2D eigenvalue weighted by atomic mass is 9.89. The van der Waals surface area contributed by atoms with Crippen LogP contribution in [0.3, 0.4) is 0 Å². The van der Waals surface area contributed by atoms with Crippen LogP contribution in [0, 0.1) is 18.8 Å². The number of nitrogens with one attached hydrogen (secondary N) is 2. The molecule has 2 aromatic heterocycles. The first-order chi connectivity index (χ1) is 14.1. The first-order valence-electron chi connectivity index (χ1n) is 10.5. The number of nitrogens with zero attached hydrogens (tertiary/aromatic N) is 3. The summed E-state index contributed by atoms with van der Waals surface area (Å²) < 4.78 is 2.16. The molecule has 2 fully saturated rings. The van der Waals surface area contributed by atoms with Gasteiger partial charge >= 0.3 is 0 Å². The number of fused-ring (bicyclic) bond motifs is 4. The van der Waals surface area contributed by atoms with Crippen molar-refractivity contribution in [2.75, 3.05) is 18.4 Å². The van der Waals surface area contributed by atoms with Crippen LogP contribution in [-0.4, -0.2) is 38.9 Å². The van der Waals surface area contributed by atoms with Crippen molar-refractivity contribution >= 4 is 17.1 Å². The van der Waals surface area contributed by atoms with Gasteiger partial charge in [0, 0.05) is 37.4 Å². The SMILES string of the molecule is Cc1nc(CN2C[C@H]3CC[C@]4(NC(=O)c5ccccc5N4)[C@H]3C2)c2ccccn12. The van der Waals surface area contributed by atoms with E-state index in [-0.39, 0.29) is 11.6 Å². The van der Waals surface area contributed by atoms with Gasteiger partial charge in [-0.05, 0) is 49.9 Å². The van der Waals surface area contributed by atoms with E-state index in [9.17, 15) is 4.79 Å². The predicted molar refractivity (Wildman–Crippen MR) is 112 cm³/mol. The Labute approximate surface area is 169 Å². The van der Waals surface area contributed by atoms with E-state index in [0.29, 0.717) is 11.8 Å². The van der Waals surface area contributed by atoms with E-state index in [4.69, 9.17) is 4.98 Å². The maximum Gasteiger partial charge on any atom is 0.255 e. The number of pyridine rings is 1. The maximum atomic E-state index is 12.8. The number of para-hydroxylation sites is 1. The normalized spacial score (nSPS) is 28.4. The number of rotatable bonds is 2. The Bertz CT molecular complexity index is 1120. The molecule has 6 heteroatoms. The molecule has 3 aliphatic rings. The standard InChI is InChI=1S/C23H25N5O/c1-15-24-20(21-8-4-5-11-28(15)21)14-27-12-16-9-10-23(18(16)13-27)25-19-7-3-2-6-17(19)22(29)26-23/h2-8,11,16,18,25H,9-10,12-14H2,1H3,(H,26,29)/t16-,18+,23+/m1/s1. The molecule has 3 aromatic rings. The van der Waals surface area contributed by atoms with Crippen molar-refractivity contribution in [3.8, 4) is 0 Å². The van der Waals surface area contributed by atoms with Crippen LogP contribution >= 0.6 is 0 Å². The van der Waals surface area contributed by atoms with Gasteiger partial charge in [0.25, 0.3) is 5.91 Å². The lowest BCUT2D eigenvalue weighted by Gasteiger charge is -2.42. The average Bonchev–Trinajstić information content (AvgIpc) is 3.37. The second-order valence-electron chi connectivity index (χ2n) is 8.76. The molecule has 2 N–H and O–H groups in total. The summed E-state index contributed by atoms with van der Waals surface area (Å²) in [5.41, 5.74) is 3.72. The predicted octanol–water partition coefficient (Wildman–Crippen LogP) is 3.04. The number of benzene rings is 1. The van der Waals surface area contributed by atoms with E-state index in [1.165, 1.54) is 5.52 Å². The highest BCUT2D eigenvalue weighted by molar-refractivity contribution is 6.02. The van der Waals surface area contributed by atoms with E-state index in [1.807, 2.05) is 30.3 Å². The summed E-state index contributed by atoms with van der Waals surface area (Å²) >= 11 is 0. The van der Waals surface area contributed by atoms with Crippen LogP contribution in [0.25, 0.3) is 5.52 Å². The molecular formula is C23H25N5O. The number of aryl methyl sites for hydroxylation is 1. The van der Waals surface area contributed by atoms with Gasteiger partial charge in [0.15, 0.2) is 0 Å². The smallest absolute Gasteiger partial charge is 0.255 e. The number of hydrogen-bond acceptors (Lipinski definition) is 4. The number of carbonyl (C=O) groups is 1. The highest BCUT2D eigenvalue weighted by Gasteiger charge is 2.54. The lowest BCUT2D eigenvalue weighted by Crippen LogP contribution is -2.61. The summed E-state index contributed by atoms with van der Waals surface area (Å²) in [6.45, 7) is 4.96. The highest BCUT2D eigenvalue weighted by Crippen LogP contribution is 2.47. The van der Waals surface area contributed by atoms with Gasteiger partial charge in [0.05, 0.1) is 16.8 Å². The van der Waals surface area contributed by atoms with E-state index < -0.39 is 0 Å². The van der Waals surface area contributed by atoms with Crippen molar-refractivity contribution in [1.82, 2.24) is 19.6 Å². The first-order valence-corrected chi connectivity index (χ1v) is 10.5. The van der Waals surface area contributed by atoms with Crippen LogP contribution in [0.1, 0.15) is 34.7 Å². The Kier molecular flexibility index (Phi) is 3.56. The summed E-state index contributed by atoms with van der Waals surface area (Å²) in [6, 6.07) is 14.1. The molecule has 0 unspecified atom stereocenters. The van der Waals surface area contributed by atoms with Gasteiger partial charge in [-0.2, -0.15) is 0 Å². The molecule has 3 atom stereocenters. The second-order valence-corrected chi connectivity index (χ2v) is 8.76. The van der Waals surface area contributed by atoms with Crippen molar-refractivity contribution in [3.63, 3.8) is 0 Å². The molecule has 148 valence electrons. The minimum absolute atomic E-state index is 0.0502. The van der Waals surface area contributed by atoms with Crippen LogP contribution in [0.2, 0.25) is 0 Å². The zero-order valence-electron chi connectivity index (χ0n) is 16.6. The zero-order valence-corrected chi connectivity index (χ0v) is 16.6. The van der Waals surface area contributed by atoms with Crippen LogP contribution < -0.4 is 10.6 Å². The van der Waals surface area contributed by atoms with Crippen molar-refractivity contribution in [2.45, 2.75) is 32.0 Å². The number of carbonyl (C=O) groups excluding carboxylic acids is 1. The number of aromatic nitrogens is 2. The molecule has 29 heavy (non-hydrogen) atoms. The fraction of sp³-hybridized carbons (Fsp3) is 0.391. The van der Waals surface area contributed by atoms with Crippen molar-refractivity contribution in [1.29, 1.82) is 0 Å². The van der Waals surface area contributed by atoms with Crippen molar-refractivity contribution in [2.24, 2.45) is 11.8 Å².